The lowest BCUT2D eigenvalue weighted by molar-refractivity contribution is 0.287. The van der Waals surface area contributed by atoms with Crippen molar-refractivity contribution in [1.29, 1.82) is 0 Å². The van der Waals surface area contributed by atoms with Gasteiger partial charge in [0.1, 0.15) is 11.3 Å². The van der Waals surface area contributed by atoms with Crippen LogP contribution in [0.4, 0.5) is 5.95 Å². The monoisotopic (exact) mass is 248 g/mol. The van der Waals surface area contributed by atoms with Crippen LogP contribution >= 0.6 is 0 Å². The van der Waals surface area contributed by atoms with Crippen LogP contribution in [0.3, 0.4) is 0 Å². The highest BCUT2D eigenvalue weighted by Gasteiger charge is 2.14. The molecule has 0 spiro atoms. The van der Waals surface area contributed by atoms with Gasteiger partial charge in [-0.1, -0.05) is 6.07 Å². The molecule has 1 heterocycles. The summed E-state index contributed by atoms with van der Waals surface area (Å²) in [6.45, 7) is 2.97. The smallest absolute Gasteiger partial charge is 0.201 e. The molecule has 5 nitrogen and oxygen atoms in total. The Kier molecular flexibility index (Phi) is 3.43. The van der Waals surface area contributed by atoms with Crippen molar-refractivity contribution >= 4 is 17.0 Å². The number of nitrogens with two attached hydrogens (primary N) is 1. The maximum Gasteiger partial charge on any atom is 0.201 e. The van der Waals surface area contributed by atoms with Gasteiger partial charge >= 0.3 is 0 Å². The molecule has 1 atom stereocenters. The van der Waals surface area contributed by atoms with Crippen LogP contribution in [0.25, 0.3) is 11.0 Å². The van der Waals surface area contributed by atoms with Crippen LogP contribution in [0.5, 0.6) is 5.75 Å². The molecule has 18 heavy (non-hydrogen) atoms. The zero-order chi connectivity index (χ0) is 13.3. The van der Waals surface area contributed by atoms with Crippen molar-refractivity contribution in [3.8, 4) is 5.75 Å². The van der Waals surface area contributed by atoms with E-state index in [1.54, 1.807) is 7.11 Å². The summed E-state index contributed by atoms with van der Waals surface area (Å²) in [5, 5.41) is 0. The molecular weight excluding hydrogens is 228 g/mol. The first-order chi connectivity index (χ1) is 8.54. The fourth-order valence-electron chi connectivity index (χ4n) is 1.92. The number of rotatable bonds is 4. The van der Waals surface area contributed by atoms with E-state index in [2.05, 4.69) is 30.9 Å². The van der Waals surface area contributed by atoms with E-state index in [1.165, 1.54) is 0 Å². The Morgan fingerprint density at radius 1 is 1.44 bits per heavy atom. The fourth-order valence-corrected chi connectivity index (χ4v) is 1.92. The lowest BCUT2D eigenvalue weighted by Gasteiger charge is -2.21. The van der Waals surface area contributed by atoms with E-state index in [0.717, 1.165) is 23.3 Å². The molecule has 0 aliphatic rings. The van der Waals surface area contributed by atoms with Crippen molar-refractivity contribution in [2.75, 3.05) is 26.9 Å². The number of methoxy groups -OCH3 is 1. The Labute approximate surface area is 107 Å². The third-order valence-corrected chi connectivity index (χ3v) is 3.32. The molecule has 0 amide bonds. The van der Waals surface area contributed by atoms with E-state index >= 15 is 0 Å². The molecule has 2 N–H and O–H groups in total. The molecule has 0 fully saturated rings. The van der Waals surface area contributed by atoms with Crippen molar-refractivity contribution in [2.45, 2.75) is 19.5 Å². The molecule has 0 aliphatic carbocycles. The van der Waals surface area contributed by atoms with Gasteiger partial charge in [-0.25, -0.2) is 4.98 Å². The number of nitrogen functional groups attached to an aromatic ring is 1. The van der Waals surface area contributed by atoms with Crippen molar-refractivity contribution in [2.24, 2.45) is 0 Å². The first kappa shape index (κ1) is 12.7. The quantitative estimate of drug-likeness (QED) is 0.892. The zero-order valence-electron chi connectivity index (χ0n) is 11.3. The first-order valence-electron chi connectivity index (χ1n) is 5.99. The van der Waals surface area contributed by atoms with Crippen molar-refractivity contribution in [1.82, 2.24) is 14.5 Å². The van der Waals surface area contributed by atoms with Crippen LogP contribution in [0.15, 0.2) is 18.2 Å². The van der Waals surface area contributed by atoms with Crippen LogP contribution in [-0.2, 0) is 6.54 Å². The van der Waals surface area contributed by atoms with E-state index in [9.17, 15) is 0 Å². The van der Waals surface area contributed by atoms with Gasteiger partial charge in [0, 0.05) is 12.6 Å². The number of para-hydroxylation sites is 1. The first-order valence-corrected chi connectivity index (χ1v) is 5.99. The molecular formula is C13H20N4O. The van der Waals surface area contributed by atoms with E-state index in [1.807, 2.05) is 22.8 Å². The second-order valence-electron chi connectivity index (χ2n) is 4.72. The average Bonchev–Trinajstić information content (AvgIpc) is 2.65. The van der Waals surface area contributed by atoms with E-state index in [0.29, 0.717) is 12.0 Å². The predicted molar refractivity (Wildman–Crippen MR) is 73.8 cm³/mol. The van der Waals surface area contributed by atoms with E-state index in [4.69, 9.17) is 10.5 Å². The average molecular weight is 248 g/mol. The molecule has 1 unspecified atom stereocenters. The summed E-state index contributed by atoms with van der Waals surface area (Å²) in [4.78, 5) is 6.55. The zero-order valence-corrected chi connectivity index (χ0v) is 11.3. The van der Waals surface area contributed by atoms with Crippen LogP contribution in [-0.4, -0.2) is 41.7 Å². The molecule has 5 heteroatoms. The second kappa shape index (κ2) is 4.86. The lowest BCUT2D eigenvalue weighted by atomic mass is 10.2. The third kappa shape index (κ3) is 2.13. The van der Waals surface area contributed by atoms with Crippen LogP contribution in [0, 0.1) is 0 Å². The fraction of sp³-hybridized carbons (Fsp3) is 0.462. The number of ether oxygens (including phenoxy) is 1. The number of likely N-dealkylation sites (N-methyl/N-ethyl adjacent to an activating group) is 1. The number of benzene rings is 1. The minimum absolute atomic E-state index is 0.385. The Bertz CT molecular complexity index is 547. The lowest BCUT2D eigenvalue weighted by Crippen LogP contribution is -2.29. The highest BCUT2D eigenvalue weighted by molar-refractivity contribution is 5.84. The standard InChI is InChI=1S/C13H20N4O/c1-9(16(2)3)8-17-10-6-5-7-11(18-4)12(10)15-13(17)14/h5-7,9H,8H2,1-4H3,(H2,14,15). The third-order valence-electron chi connectivity index (χ3n) is 3.32. The van der Waals surface area contributed by atoms with Gasteiger partial charge in [-0.3, -0.25) is 0 Å². The maximum atomic E-state index is 6.00. The molecule has 1 aromatic heterocycles. The highest BCUT2D eigenvalue weighted by atomic mass is 16.5. The van der Waals surface area contributed by atoms with Gasteiger partial charge in [0.05, 0.1) is 12.6 Å². The largest absolute Gasteiger partial charge is 0.494 e. The number of fused-ring (bicyclic) bond motifs is 1. The van der Waals surface area contributed by atoms with Gasteiger partial charge in [0.25, 0.3) is 0 Å². The van der Waals surface area contributed by atoms with E-state index < -0.39 is 0 Å². The van der Waals surface area contributed by atoms with Crippen molar-refractivity contribution in [3.05, 3.63) is 18.2 Å². The molecule has 0 saturated heterocycles. The highest BCUT2D eigenvalue weighted by Crippen LogP contribution is 2.27. The molecule has 1 aromatic carbocycles. The molecule has 0 saturated carbocycles. The maximum absolute atomic E-state index is 6.00. The Morgan fingerprint density at radius 3 is 2.78 bits per heavy atom. The summed E-state index contributed by atoms with van der Waals surface area (Å²) in [6.07, 6.45) is 0. The summed E-state index contributed by atoms with van der Waals surface area (Å²) < 4.78 is 7.34. The van der Waals surface area contributed by atoms with Crippen LogP contribution < -0.4 is 10.5 Å². The number of aromatic nitrogens is 2. The van der Waals surface area contributed by atoms with Crippen LogP contribution in [0.2, 0.25) is 0 Å². The number of imidazole rings is 1. The molecule has 98 valence electrons. The van der Waals surface area contributed by atoms with Gasteiger partial charge in [-0.15, -0.1) is 0 Å². The predicted octanol–water partition coefficient (Wildman–Crippen LogP) is 1.58. The minimum Gasteiger partial charge on any atom is -0.494 e. The number of nitrogens with zero attached hydrogens (tertiary/aromatic N) is 3. The molecule has 0 aliphatic heterocycles. The van der Waals surface area contributed by atoms with E-state index in [-0.39, 0.29) is 0 Å². The van der Waals surface area contributed by atoms with Gasteiger partial charge in [0.15, 0.2) is 0 Å². The summed E-state index contributed by atoms with van der Waals surface area (Å²) in [5.41, 5.74) is 7.84. The molecule has 2 rings (SSSR count). The van der Waals surface area contributed by atoms with Crippen molar-refractivity contribution in [3.63, 3.8) is 0 Å². The van der Waals surface area contributed by atoms with Gasteiger partial charge in [-0.2, -0.15) is 0 Å². The van der Waals surface area contributed by atoms with Crippen LogP contribution in [0.1, 0.15) is 6.92 Å². The minimum atomic E-state index is 0.385. The SMILES string of the molecule is COc1cccc2c1nc(N)n2CC(C)N(C)C. The summed E-state index contributed by atoms with van der Waals surface area (Å²) in [5.74, 6) is 1.29. The molecule has 0 bridgehead atoms. The molecule has 2 aromatic rings. The molecule has 0 radical (unpaired) electrons. The normalized spacial score (nSPS) is 13.2. The van der Waals surface area contributed by atoms with Crippen molar-refractivity contribution < 1.29 is 4.74 Å². The summed E-state index contributed by atoms with van der Waals surface area (Å²) >= 11 is 0. The Balaban J connectivity index is 2.48. The Hall–Kier alpha value is -1.75. The second-order valence-corrected chi connectivity index (χ2v) is 4.72. The topological polar surface area (TPSA) is 56.3 Å². The number of hydrogen-bond acceptors (Lipinski definition) is 4. The summed E-state index contributed by atoms with van der Waals surface area (Å²) in [6, 6.07) is 6.26. The number of hydrogen-bond donors (Lipinski definition) is 1. The summed E-state index contributed by atoms with van der Waals surface area (Å²) in [7, 11) is 5.76. The number of anilines is 1. The Morgan fingerprint density at radius 2 is 2.17 bits per heavy atom. The van der Waals surface area contributed by atoms with Gasteiger partial charge in [0.2, 0.25) is 5.95 Å². The van der Waals surface area contributed by atoms with Gasteiger partial charge < -0.3 is 19.9 Å². The van der Waals surface area contributed by atoms with Gasteiger partial charge in [-0.05, 0) is 33.2 Å².